The first-order chi connectivity index (χ1) is 12.1. The van der Waals surface area contributed by atoms with Crippen molar-refractivity contribution in [3.8, 4) is 0 Å². The van der Waals surface area contributed by atoms with Crippen LogP contribution in [0.3, 0.4) is 0 Å². The normalized spacial score (nSPS) is 16.8. The van der Waals surface area contributed by atoms with E-state index in [9.17, 15) is 4.79 Å². The molecule has 1 saturated heterocycles. The summed E-state index contributed by atoms with van der Waals surface area (Å²) in [5.74, 6) is 1.48. The van der Waals surface area contributed by atoms with Crippen LogP contribution in [0.2, 0.25) is 0 Å². The second-order valence-electron chi connectivity index (χ2n) is 6.68. The van der Waals surface area contributed by atoms with Crippen molar-refractivity contribution >= 4 is 5.91 Å². The van der Waals surface area contributed by atoms with Gasteiger partial charge in [-0.05, 0) is 30.4 Å². The number of pyridine rings is 1. The number of hydrogen-bond donors (Lipinski definition) is 1. The quantitative estimate of drug-likeness (QED) is 0.865. The number of rotatable bonds is 6. The minimum absolute atomic E-state index is 0.0752. The minimum Gasteiger partial charge on any atom is -0.381 e. The zero-order valence-corrected chi connectivity index (χ0v) is 14.6. The van der Waals surface area contributed by atoms with Crippen LogP contribution in [-0.2, 0) is 16.0 Å². The zero-order chi connectivity index (χ0) is 17.6. The van der Waals surface area contributed by atoms with Gasteiger partial charge in [-0.25, -0.2) is 0 Å². The van der Waals surface area contributed by atoms with Gasteiger partial charge in [0, 0.05) is 31.5 Å². The molecule has 0 spiro atoms. The fourth-order valence-electron chi connectivity index (χ4n) is 2.95. The zero-order valence-electron chi connectivity index (χ0n) is 14.6. The van der Waals surface area contributed by atoms with Gasteiger partial charge in [0.15, 0.2) is 5.82 Å². The standard InChI is InChI=1S/C18H24N4O3/c1-12(2)17-21-18(25-22-17)16(14-5-8-24-9-6-14)20-15(23)10-13-4-3-7-19-11-13/h3-4,7,11-12,14,16H,5-6,8-10H2,1-2H3,(H,20,23)/t16-/m0/s1. The van der Waals surface area contributed by atoms with E-state index in [-0.39, 0.29) is 30.2 Å². The van der Waals surface area contributed by atoms with Crippen molar-refractivity contribution < 1.29 is 14.1 Å². The Kier molecular flexibility index (Phi) is 5.75. The third kappa shape index (κ3) is 4.63. The molecular formula is C18H24N4O3. The molecular weight excluding hydrogens is 320 g/mol. The van der Waals surface area contributed by atoms with Crippen molar-refractivity contribution in [1.82, 2.24) is 20.4 Å². The number of carbonyl (C=O) groups excluding carboxylic acids is 1. The number of hydrogen-bond acceptors (Lipinski definition) is 6. The predicted molar refractivity (Wildman–Crippen MR) is 90.8 cm³/mol. The molecule has 1 amide bonds. The number of carbonyl (C=O) groups is 1. The second kappa shape index (κ2) is 8.20. The van der Waals surface area contributed by atoms with Gasteiger partial charge in [-0.1, -0.05) is 25.1 Å². The van der Waals surface area contributed by atoms with Crippen LogP contribution in [0.5, 0.6) is 0 Å². The Morgan fingerprint density at radius 2 is 2.16 bits per heavy atom. The highest BCUT2D eigenvalue weighted by Crippen LogP contribution is 2.30. The topological polar surface area (TPSA) is 90.1 Å². The largest absolute Gasteiger partial charge is 0.381 e. The van der Waals surface area contributed by atoms with E-state index in [1.165, 1.54) is 0 Å². The first-order valence-corrected chi connectivity index (χ1v) is 8.73. The molecule has 1 N–H and O–H groups in total. The van der Waals surface area contributed by atoms with Gasteiger partial charge in [0.05, 0.1) is 6.42 Å². The molecule has 0 aliphatic carbocycles. The maximum absolute atomic E-state index is 12.5. The first kappa shape index (κ1) is 17.5. The maximum Gasteiger partial charge on any atom is 0.249 e. The summed E-state index contributed by atoms with van der Waals surface area (Å²) < 4.78 is 10.9. The Balaban J connectivity index is 1.74. The molecule has 0 unspecified atom stereocenters. The van der Waals surface area contributed by atoms with E-state index in [4.69, 9.17) is 9.26 Å². The van der Waals surface area contributed by atoms with E-state index < -0.39 is 0 Å². The highest BCUT2D eigenvalue weighted by Gasteiger charge is 2.31. The van der Waals surface area contributed by atoms with Crippen molar-refractivity contribution in [2.45, 2.75) is 45.1 Å². The smallest absolute Gasteiger partial charge is 0.249 e. The summed E-state index contributed by atoms with van der Waals surface area (Å²) in [5.41, 5.74) is 0.874. The number of nitrogens with zero attached hydrogens (tertiary/aromatic N) is 3. The minimum atomic E-state index is -0.284. The lowest BCUT2D eigenvalue weighted by atomic mass is 9.91. The van der Waals surface area contributed by atoms with Crippen molar-refractivity contribution in [3.05, 3.63) is 41.8 Å². The van der Waals surface area contributed by atoms with E-state index in [0.717, 1.165) is 18.4 Å². The van der Waals surface area contributed by atoms with Crippen LogP contribution in [0.1, 0.15) is 55.9 Å². The molecule has 2 aromatic heterocycles. The third-order valence-electron chi connectivity index (χ3n) is 4.38. The van der Waals surface area contributed by atoms with Gasteiger partial charge in [-0.2, -0.15) is 4.98 Å². The Labute approximate surface area is 147 Å². The highest BCUT2D eigenvalue weighted by molar-refractivity contribution is 5.78. The molecule has 7 nitrogen and oxygen atoms in total. The van der Waals surface area contributed by atoms with E-state index in [1.54, 1.807) is 12.4 Å². The van der Waals surface area contributed by atoms with Crippen LogP contribution in [0.4, 0.5) is 0 Å². The predicted octanol–water partition coefficient (Wildman–Crippen LogP) is 2.41. The Hall–Kier alpha value is -2.28. The van der Waals surface area contributed by atoms with E-state index in [2.05, 4.69) is 20.4 Å². The Morgan fingerprint density at radius 3 is 2.80 bits per heavy atom. The van der Waals surface area contributed by atoms with Gasteiger partial charge >= 0.3 is 0 Å². The summed E-state index contributed by atoms with van der Waals surface area (Å²) in [4.78, 5) is 21.1. The van der Waals surface area contributed by atoms with E-state index >= 15 is 0 Å². The monoisotopic (exact) mass is 344 g/mol. The highest BCUT2D eigenvalue weighted by atomic mass is 16.5. The van der Waals surface area contributed by atoms with Gasteiger partial charge in [0.25, 0.3) is 0 Å². The van der Waals surface area contributed by atoms with Gasteiger partial charge < -0.3 is 14.6 Å². The van der Waals surface area contributed by atoms with Crippen molar-refractivity contribution in [2.24, 2.45) is 5.92 Å². The molecule has 3 rings (SSSR count). The van der Waals surface area contributed by atoms with Crippen LogP contribution in [0.25, 0.3) is 0 Å². The molecule has 0 aromatic carbocycles. The summed E-state index contributed by atoms with van der Waals surface area (Å²) >= 11 is 0. The van der Waals surface area contributed by atoms with Crippen molar-refractivity contribution in [2.75, 3.05) is 13.2 Å². The molecule has 7 heteroatoms. The average Bonchev–Trinajstić information content (AvgIpc) is 3.11. The summed E-state index contributed by atoms with van der Waals surface area (Å²) in [6.07, 6.45) is 5.39. The number of ether oxygens (including phenoxy) is 1. The molecule has 1 atom stereocenters. The van der Waals surface area contributed by atoms with E-state index in [0.29, 0.717) is 24.9 Å². The van der Waals surface area contributed by atoms with Crippen LogP contribution in [0.15, 0.2) is 29.0 Å². The van der Waals surface area contributed by atoms with Gasteiger partial charge in [0.1, 0.15) is 6.04 Å². The SMILES string of the molecule is CC(C)c1noc([C@@H](NC(=O)Cc2cccnc2)C2CCOCC2)n1. The molecule has 0 bridgehead atoms. The second-order valence-corrected chi connectivity index (χ2v) is 6.68. The van der Waals surface area contributed by atoms with E-state index in [1.807, 2.05) is 26.0 Å². The fraction of sp³-hybridized carbons (Fsp3) is 0.556. The number of amides is 1. The third-order valence-corrected chi connectivity index (χ3v) is 4.38. The lowest BCUT2D eigenvalue weighted by Crippen LogP contribution is -2.37. The number of aromatic nitrogens is 3. The lowest BCUT2D eigenvalue weighted by Gasteiger charge is -2.28. The Morgan fingerprint density at radius 1 is 1.36 bits per heavy atom. The molecule has 2 aromatic rings. The first-order valence-electron chi connectivity index (χ1n) is 8.73. The summed E-state index contributed by atoms with van der Waals surface area (Å²) in [5, 5.41) is 7.13. The van der Waals surface area contributed by atoms with Gasteiger partial charge in [-0.3, -0.25) is 9.78 Å². The fourth-order valence-corrected chi connectivity index (χ4v) is 2.95. The molecule has 1 aliphatic heterocycles. The molecule has 25 heavy (non-hydrogen) atoms. The van der Waals surface area contributed by atoms with Crippen molar-refractivity contribution in [3.63, 3.8) is 0 Å². The van der Waals surface area contributed by atoms with Crippen LogP contribution >= 0.6 is 0 Å². The molecule has 0 saturated carbocycles. The molecule has 3 heterocycles. The van der Waals surface area contributed by atoms with Crippen molar-refractivity contribution in [1.29, 1.82) is 0 Å². The number of nitrogens with one attached hydrogen (secondary N) is 1. The molecule has 1 aliphatic rings. The average molecular weight is 344 g/mol. The summed E-state index contributed by atoms with van der Waals surface area (Å²) in [6.45, 7) is 5.40. The van der Waals surface area contributed by atoms with Crippen LogP contribution < -0.4 is 5.32 Å². The van der Waals surface area contributed by atoms with Crippen LogP contribution in [0, 0.1) is 5.92 Å². The van der Waals surface area contributed by atoms with Gasteiger partial charge in [0.2, 0.25) is 11.8 Å². The van der Waals surface area contributed by atoms with Crippen LogP contribution in [-0.4, -0.2) is 34.2 Å². The Bertz CT molecular complexity index is 681. The summed E-state index contributed by atoms with van der Waals surface area (Å²) in [7, 11) is 0. The molecule has 134 valence electrons. The van der Waals surface area contributed by atoms with Gasteiger partial charge in [-0.15, -0.1) is 0 Å². The summed E-state index contributed by atoms with van der Waals surface area (Å²) in [6, 6.07) is 3.43. The maximum atomic E-state index is 12.5. The molecule has 1 fully saturated rings. The molecule has 0 radical (unpaired) electrons. The lowest BCUT2D eigenvalue weighted by molar-refractivity contribution is -0.122.